The zero-order chi connectivity index (χ0) is 15.5. The molecule has 2 nitrogen and oxygen atoms in total. The number of hydrogen-bond acceptors (Lipinski definition) is 2. The normalized spacial score (nSPS) is 12.6. The highest BCUT2D eigenvalue weighted by Gasteiger charge is 2.11. The van der Waals surface area contributed by atoms with Gasteiger partial charge in [-0.1, -0.05) is 62.4 Å². The SMILES string of the molecule is CCCCCCOCC(NCCC)c1cc(C)cc(C)c1. The fraction of sp³-hybridized carbons (Fsp3) is 0.684. The van der Waals surface area contributed by atoms with Crippen molar-refractivity contribution in [3.8, 4) is 0 Å². The second-order valence-electron chi connectivity index (χ2n) is 6.06. The van der Waals surface area contributed by atoms with Crippen molar-refractivity contribution in [2.24, 2.45) is 0 Å². The first-order valence-electron chi connectivity index (χ1n) is 8.56. The number of ether oxygens (including phenoxy) is 1. The van der Waals surface area contributed by atoms with Crippen LogP contribution in [0.25, 0.3) is 0 Å². The topological polar surface area (TPSA) is 21.3 Å². The lowest BCUT2D eigenvalue weighted by Gasteiger charge is -2.20. The Labute approximate surface area is 131 Å². The molecule has 1 aromatic rings. The molecule has 0 saturated carbocycles. The van der Waals surface area contributed by atoms with Crippen LogP contribution in [0.3, 0.4) is 0 Å². The van der Waals surface area contributed by atoms with Crippen LogP contribution >= 0.6 is 0 Å². The minimum absolute atomic E-state index is 0.315. The molecule has 0 radical (unpaired) electrons. The third-order valence-electron chi connectivity index (χ3n) is 3.71. The molecule has 0 heterocycles. The Morgan fingerprint density at radius 1 is 0.952 bits per heavy atom. The predicted octanol–water partition coefficient (Wildman–Crippen LogP) is 4.94. The first kappa shape index (κ1) is 18.2. The number of benzene rings is 1. The van der Waals surface area contributed by atoms with Crippen molar-refractivity contribution in [3.63, 3.8) is 0 Å². The lowest BCUT2D eigenvalue weighted by atomic mass is 10.0. The predicted molar refractivity (Wildman–Crippen MR) is 91.9 cm³/mol. The number of nitrogens with one attached hydrogen (secondary N) is 1. The monoisotopic (exact) mass is 291 g/mol. The maximum atomic E-state index is 5.91. The summed E-state index contributed by atoms with van der Waals surface area (Å²) >= 11 is 0. The molecule has 2 heteroatoms. The van der Waals surface area contributed by atoms with Gasteiger partial charge in [0.15, 0.2) is 0 Å². The minimum Gasteiger partial charge on any atom is -0.379 e. The average Bonchev–Trinajstić information content (AvgIpc) is 2.44. The molecule has 1 atom stereocenters. The van der Waals surface area contributed by atoms with Crippen LogP contribution in [0.5, 0.6) is 0 Å². The Hall–Kier alpha value is -0.860. The van der Waals surface area contributed by atoms with Gasteiger partial charge in [0.1, 0.15) is 0 Å². The summed E-state index contributed by atoms with van der Waals surface area (Å²) in [6.45, 7) is 11.5. The average molecular weight is 291 g/mol. The first-order valence-corrected chi connectivity index (χ1v) is 8.56. The summed E-state index contributed by atoms with van der Waals surface area (Å²) in [5, 5.41) is 3.62. The van der Waals surface area contributed by atoms with E-state index in [0.717, 1.165) is 26.2 Å². The Morgan fingerprint density at radius 2 is 1.67 bits per heavy atom. The van der Waals surface area contributed by atoms with Gasteiger partial charge in [-0.3, -0.25) is 0 Å². The van der Waals surface area contributed by atoms with Crippen molar-refractivity contribution >= 4 is 0 Å². The van der Waals surface area contributed by atoms with Gasteiger partial charge in [-0.25, -0.2) is 0 Å². The van der Waals surface area contributed by atoms with Crippen molar-refractivity contribution in [1.82, 2.24) is 5.32 Å². The molecule has 1 N–H and O–H groups in total. The third kappa shape index (κ3) is 7.63. The Morgan fingerprint density at radius 3 is 2.29 bits per heavy atom. The van der Waals surface area contributed by atoms with E-state index < -0.39 is 0 Å². The van der Waals surface area contributed by atoms with E-state index >= 15 is 0 Å². The van der Waals surface area contributed by atoms with Crippen LogP contribution in [-0.2, 0) is 4.74 Å². The van der Waals surface area contributed by atoms with Crippen LogP contribution in [0, 0.1) is 13.8 Å². The van der Waals surface area contributed by atoms with Crippen molar-refractivity contribution in [1.29, 1.82) is 0 Å². The van der Waals surface area contributed by atoms with Crippen LogP contribution in [0.1, 0.15) is 68.7 Å². The summed E-state index contributed by atoms with van der Waals surface area (Å²) in [7, 11) is 0. The summed E-state index contributed by atoms with van der Waals surface area (Å²) in [6.07, 6.45) is 6.22. The number of unbranched alkanes of at least 4 members (excludes halogenated alkanes) is 3. The highest BCUT2D eigenvalue weighted by Crippen LogP contribution is 2.18. The maximum absolute atomic E-state index is 5.91. The van der Waals surface area contributed by atoms with Crippen LogP contribution in [-0.4, -0.2) is 19.8 Å². The van der Waals surface area contributed by atoms with Crippen molar-refractivity contribution < 1.29 is 4.74 Å². The van der Waals surface area contributed by atoms with E-state index in [2.05, 4.69) is 51.2 Å². The van der Waals surface area contributed by atoms with E-state index in [4.69, 9.17) is 4.74 Å². The van der Waals surface area contributed by atoms with Gasteiger partial charge in [-0.15, -0.1) is 0 Å². The molecule has 0 amide bonds. The molecular weight excluding hydrogens is 258 g/mol. The molecule has 0 bridgehead atoms. The van der Waals surface area contributed by atoms with E-state index in [1.54, 1.807) is 0 Å². The van der Waals surface area contributed by atoms with Crippen LogP contribution in [0.2, 0.25) is 0 Å². The van der Waals surface area contributed by atoms with Crippen molar-refractivity contribution in [2.45, 2.75) is 65.8 Å². The summed E-state index contributed by atoms with van der Waals surface area (Å²) in [5.41, 5.74) is 4.02. The van der Waals surface area contributed by atoms with E-state index in [0.29, 0.717) is 6.04 Å². The summed E-state index contributed by atoms with van der Waals surface area (Å²) < 4.78 is 5.91. The summed E-state index contributed by atoms with van der Waals surface area (Å²) in [5.74, 6) is 0. The van der Waals surface area contributed by atoms with Gasteiger partial charge in [0.2, 0.25) is 0 Å². The van der Waals surface area contributed by atoms with E-state index in [1.165, 1.54) is 42.4 Å². The van der Waals surface area contributed by atoms with Gasteiger partial charge in [0.05, 0.1) is 12.6 Å². The first-order chi connectivity index (χ1) is 10.2. The standard InChI is InChI=1S/C19H33NO/c1-5-7-8-9-11-21-15-19(20-10-6-2)18-13-16(3)12-17(4)14-18/h12-14,19-20H,5-11,15H2,1-4H3. The number of hydrogen-bond donors (Lipinski definition) is 1. The quantitative estimate of drug-likeness (QED) is 0.583. The molecule has 0 saturated heterocycles. The van der Waals surface area contributed by atoms with E-state index in [9.17, 15) is 0 Å². The van der Waals surface area contributed by atoms with Gasteiger partial charge in [-0.2, -0.15) is 0 Å². The van der Waals surface area contributed by atoms with Gasteiger partial charge >= 0.3 is 0 Å². The lowest BCUT2D eigenvalue weighted by Crippen LogP contribution is -2.26. The fourth-order valence-electron chi connectivity index (χ4n) is 2.63. The van der Waals surface area contributed by atoms with Crippen LogP contribution in [0.15, 0.2) is 18.2 Å². The van der Waals surface area contributed by atoms with E-state index in [1.807, 2.05) is 0 Å². The van der Waals surface area contributed by atoms with Crippen LogP contribution < -0.4 is 5.32 Å². The molecule has 1 rings (SSSR count). The Bertz CT molecular complexity index is 369. The molecule has 1 unspecified atom stereocenters. The molecule has 120 valence electrons. The summed E-state index contributed by atoms with van der Waals surface area (Å²) in [4.78, 5) is 0. The maximum Gasteiger partial charge on any atom is 0.0661 e. The minimum atomic E-state index is 0.315. The molecule has 0 aromatic heterocycles. The third-order valence-corrected chi connectivity index (χ3v) is 3.71. The Balaban J connectivity index is 2.50. The van der Waals surface area contributed by atoms with E-state index in [-0.39, 0.29) is 0 Å². The van der Waals surface area contributed by atoms with Crippen molar-refractivity contribution in [2.75, 3.05) is 19.8 Å². The van der Waals surface area contributed by atoms with Crippen molar-refractivity contribution in [3.05, 3.63) is 34.9 Å². The second kappa shape index (κ2) is 10.8. The van der Waals surface area contributed by atoms with Gasteiger partial charge in [0, 0.05) is 6.61 Å². The van der Waals surface area contributed by atoms with Gasteiger partial charge in [0.25, 0.3) is 0 Å². The van der Waals surface area contributed by atoms with Crippen LogP contribution in [0.4, 0.5) is 0 Å². The molecule has 1 aromatic carbocycles. The number of rotatable bonds is 11. The molecule has 0 aliphatic heterocycles. The molecular formula is C19H33NO. The summed E-state index contributed by atoms with van der Waals surface area (Å²) in [6, 6.07) is 7.10. The Kier molecular flexibility index (Phi) is 9.36. The zero-order valence-corrected chi connectivity index (χ0v) is 14.4. The zero-order valence-electron chi connectivity index (χ0n) is 14.4. The van der Waals surface area contributed by atoms with Gasteiger partial charge < -0.3 is 10.1 Å². The molecule has 0 spiro atoms. The lowest BCUT2D eigenvalue weighted by molar-refractivity contribution is 0.108. The molecule has 21 heavy (non-hydrogen) atoms. The number of aryl methyl sites for hydroxylation is 2. The highest BCUT2D eigenvalue weighted by atomic mass is 16.5. The van der Waals surface area contributed by atoms with Gasteiger partial charge in [-0.05, 0) is 38.8 Å². The molecule has 0 aliphatic rings. The second-order valence-corrected chi connectivity index (χ2v) is 6.06. The fourth-order valence-corrected chi connectivity index (χ4v) is 2.63. The highest BCUT2D eigenvalue weighted by molar-refractivity contribution is 5.30. The largest absolute Gasteiger partial charge is 0.379 e. The molecule has 0 aliphatic carbocycles. The molecule has 0 fully saturated rings. The smallest absolute Gasteiger partial charge is 0.0661 e.